The van der Waals surface area contributed by atoms with E-state index in [2.05, 4.69) is 0 Å². The van der Waals surface area contributed by atoms with Gasteiger partial charge < -0.3 is 23.0 Å². The molecule has 4 rings (SSSR count). The maximum atomic E-state index is 12.9. The van der Waals surface area contributed by atoms with Crippen LogP contribution in [0.4, 0.5) is 0 Å². The van der Waals surface area contributed by atoms with Gasteiger partial charge in [0.1, 0.15) is 28.9 Å². The minimum atomic E-state index is -0.476. The maximum absolute atomic E-state index is 12.9. The van der Waals surface area contributed by atoms with Crippen molar-refractivity contribution in [1.29, 1.82) is 0 Å². The van der Waals surface area contributed by atoms with E-state index in [4.69, 9.17) is 23.0 Å². The van der Waals surface area contributed by atoms with Gasteiger partial charge in [-0.3, -0.25) is 4.79 Å². The molecule has 0 saturated heterocycles. The first-order chi connectivity index (χ1) is 15.8. The molecule has 0 saturated carbocycles. The Balaban J connectivity index is 1.53. The van der Waals surface area contributed by atoms with Crippen LogP contribution in [0.2, 0.25) is 0 Å². The van der Waals surface area contributed by atoms with Gasteiger partial charge in [-0.15, -0.1) is 0 Å². The second-order valence-electron chi connectivity index (χ2n) is 7.96. The predicted octanol–water partition coefficient (Wildman–Crippen LogP) is 4.58. The van der Waals surface area contributed by atoms with E-state index in [1.807, 2.05) is 20.8 Å². The Labute approximate surface area is 188 Å². The van der Waals surface area contributed by atoms with Crippen molar-refractivity contribution in [3.63, 3.8) is 0 Å². The summed E-state index contributed by atoms with van der Waals surface area (Å²) in [5.74, 6) is 0.416. The molecule has 2 heterocycles. The van der Waals surface area contributed by atoms with E-state index in [1.54, 1.807) is 24.3 Å². The van der Waals surface area contributed by atoms with Crippen LogP contribution in [-0.2, 0) is 9.53 Å². The number of carbonyl (C=O) groups excluding carboxylic acids is 1. The van der Waals surface area contributed by atoms with Gasteiger partial charge in [0.2, 0.25) is 11.2 Å². The van der Waals surface area contributed by atoms with Crippen LogP contribution in [0.5, 0.6) is 17.2 Å². The number of esters is 1. The number of carbonyl (C=O) groups is 1. The Bertz CT molecular complexity index is 1440. The normalized spacial score (nSPS) is 11.2. The summed E-state index contributed by atoms with van der Waals surface area (Å²) in [5.41, 5.74) is 0.569. The zero-order chi connectivity index (χ0) is 23.5. The van der Waals surface area contributed by atoms with Crippen molar-refractivity contribution in [2.45, 2.75) is 20.8 Å². The molecule has 0 fully saturated rings. The first-order valence-electron chi connectivity index (χ1n) is 10.4. The van der Waals surface area contributed by atoms with Gasteiger partial charge >= 0.3 is 11.6 Å². The third-order valence-electron chi connectivity index (χ3n) is 4.80. The number of hydrogen-bond donors (Lipinski definition) is 0. The zero-order valence-corrected chi connectivity index (χ0v) is 18.4. The lowest BCUT2D eigenvalue weighted by Gasteiger charge is -2.09. The van der Waals surface area contributed by atoms with E-state index < -0.39 is 11.6 Å². The lowest BCUT2D eigenvalue weighted by Crippen LogP contribution is -2.17. The summed E-state index contributed by atoms with van der Waals surface area (Å²) in [7, 11) is 0. The highest BCUT2D eigenvalue weighted by atomic mass is 16.6. The Morgan fingerprint density at radius 1 is 0.970 bits per heavy atom. The summed E-state index contributed by atoms with van der Waals surface area (Å²) in [5, 5.41) is 1.05. The van der Waals surface area contributed by atoms with Crippen molar-refractivity contribution in [2.24, 2.45) is 5.92 Å². The molecular weight excluding hydrogens is 428 g/mol. The largest absolute Gasteiger partial charge is 0.482 e. The van der Waals surface area contributed by atoms with E-state index in [9.17, 15) is 14.4 Å². The smallest absolute Gasteiger partial charge is 0.344 e. The van der Waals surface area contributed by atoms with E-state index in [0.717, 1.165) is 10.9 Å². The van der Waals surface area contributed by atoms with E-state index >= 15 is 0 Å². The van der Waals surface area contributed by atoms with Gasteiger partial charge in [-0.2, -0.15) is 0 Å². The van der Waals surface area contributed by atoms with Crippen LogP contribution in [0, 0.1) is 12.8 Å². The third-order valence-corrected chi connectivity index (χ3v) is 4.80. The average molecular weight is 450 g/mol. The van der Waals surface area contributed by atoms with Crippen LogP contribution in [0.15, 0.2) is 67.2 Å². The van der Waals surface area contributed by atoms with Crippen LogP contribution in [0.3, 0.4) is 0 Å². The lowest BCUT2D eigenvalue weighted by atomic mass is 10.1. The molecule has 8 nitrogen and oxygen atoms in total. The molecule has 0 aliphatic rings. The first-order valence-corrected chi connectivity index (χ1v) is 10.4. The second kappa shape index (κ2) is 9.20. The second-order valence-corrected chi connectivity index (χ2v) is 7.96. The predicted molar refractivity (Wildman–Crippen MR) is 121 cm³/mol. The Kier molecular flexibility index (Phi) is 6.17. The highest BCUT2D eigenvalue weighted by Crippen LogP contribution is 2.27. The molecule has 4 aromatic rings. The van der Waals surface area contributed by atoms with Crippen molar-refractivity contribution in [1.82, 2.24) is 0 Å². The number of fused-ring (bicyclic) bond motifs is 2. The number of rotatable bonds is 7. The van der Waals surface area contributed by atoms with Gasteiger partial charge in [0.25, 0.3) is 0 Å². The van der Waals surface area contributed by atoms with Crippen LogP contribution in [0.25, 0.3) is 21.9 Å². The number of benzene rings is 2. The van der Waals surface area contributed by atoms with Crippen LogP contribution < -0.4 is 20.5 Å². The molecule has 0 bridgehead atoms. The van der Waals surface area contributed by atoms with Crippen molar-refractivity contribution >= 4 is 27.9 Å². The molecule has 0 radical (unpaired) electrons. The third kappa shape index (κ3) is 5.06. The van der Waals surface area contributed by atoms with Crippen molar-refractivity contribution in [2.75, 3.05) is 13.2 Å². The summed E-state index contributed by atoms with van der Waals surface area (Å²) in [6, 6.07) is 11.0. The molecule has 0 aliphatic heterocycles. The van der Waals surface area contributed by atoms with E-state index in [1.165, 1.54) is 24.5 Å². The summed E-state index contributed by atoms with van der Waals surface area (Å²) < 4.78 is 27.0. The molecule has 33 heavy (non-hydrogen) atoms. The zero-order valence-electron chi connectivity index (χ0n) is 18.4. The van der Waals surface area contributed by atoms with Crippen LogP contribution in [-0.4, -0.2) is 19.2 Å². The molecule has 0 atom stereocenters. The molecule has 170 valence electrons. The molecule has 0 aliphatic carbocycles. The quantitative estimate of drug-likeness (QED) is 0.298. The molecule has 2 aromatic heterocycles. The Morgan fingerprint density at radius 2 is 1.70 bits per heavy atom. The topological polar surface area (TPSA) is 105 Å². The monoisotopic (exact) mass is 450 g/mol. The highest BCUT2D eigenvalue weighted by Gasteiger charge is 2.13. The number of hydrogen-bond acceptors (Lipinski definition) is 8. The Hall–Kier alpha value is -4.07. The van der Waals surface area contributed by atoms with Crippen molar-refractivity contribution in [3.05, 3.63) is 74.9 Å². The molecule has 8 heteroatoms. The van der Waals surface area contributed by atoms with Gasteiger partial charge in [0, 0.05) is 23.6 Å². The summed E-state index contributed by atoms with van der Waals surface area (Å²) in [6.45, 7) is 5.76. The minimum Gasteiger partial charge on any atom is -0.482 e. The lowest BCUT2D eigenvalue weighted by molar-refractivity contribution is -0.147. The number of ether oxygens (including phenoxy) is 3. The molecular formula is C25H22O8. The summed E-state index contributed by atoms with van der Waals surface area (Å²) in [4.78, 5) is 36.2. The van der Waals surface area contributed by atoms with Gasteiger partial charge in [-0.1, -0.05) is 13.8 Å². The van der Waals surface area contributed by atoms with Crippen LogP contribution >= 0.6 is 0 Å². The molecule has 0 spiro atoms. The van der Waals surface area contributed by atoms with E-state index in [0.29, 0.717) is 23.7 Å². The van der Waals surface area contributed by atoms with E-state index in [-0.39, 0.29) is 34.7 Å². The van der Waals surface area contributed by atoms with Gasteiger partial charge in [0.15, 0.2) is 6.61 Å². The van der Waals surface area contributed by atoms with Crippen LogP contribution in [0.1, 0.15) is 19.4 Å². The Morgan fingerprint density at radius 3 is 2.48 bits per heavy atom. The van der Waals surface area contributed by atoms with Crippen molar-refractivity contribution in [3.8, 4) is 17.2 Å². The SMILES string of the molecule is Cc1cc(=O)oc2cc(Oc3coc4cc(OCC(=O)OCC(C)C)ccc4c3=O)ccc12. The van der Waals surface area contributed by atoms with Gasteiger partial charge in [-0.25, -0.2) is 9.59 Å². The summed E-state index contributed by atoms with van der Waals surface area (Å²) >= 11 is 0. The molecule has 2 aromatic carbocycles. The fourth-order valence-corrected chi connectivity index (χ4v) is 3.19. The molecule has 0 N–H and O–H groups in total. The van der Waals surface area contributed by atoms with Gasteiger partial charge in [0.05, 0.1) is 12.0 Å². The summed E-state index contributed by atoms with van der Waals surface area (Å²) in [6.07, 6.45) is 1.20. The van der Waals surface area contributed by atoms with Gasteiger partial charge in [-0.05, 0) is 42.7 Å². The highest BCUT2D eigenvalue weighted by molar-refractivity contribution is 5.82. The molecule has 0 unspecified atom stereocenters. The fourth-order valence-electron chi connectivity index (χ4n) is 3.19. The maximum Gasteiger partial charge on any atom is 0.344 e. The average Bonchev–Trinajstić information content (AvgIpc) is 2.77. The molecule has 0 amide bonds. The first kappa shape index (κ1) is 22.1. The standard InChI is InChI=1S/C25H22O8/c1-14(2)11-31-24(27)13-29-16-4-7-19-20(9-16)30-12-22(25(19)28)32-17-5-6-18-15(3)8-23(26)33-21(18)10-17/h4-10,12,14H,11,13H2,1-3H3. The van der Waals surface area contributed by atoms with Crippen molar-refractivity contribution < 1.29 is 27.8 Å². The minimum absolute atomic E-state index is 0.0252. The fraction of sp³-hybridized carbons (Fsp3) is 0.240. The number of aryl methyl sites for hydroxylation is 1.